The summed E-state index contributed by atoms with van der Waals surface area (Å²) in [5, 5.41) is 2.30. The summed E-state index contributed by atoms with van der Waals surface area (Å²) in [6.45, 7) is 3.68. The van der Waals surface area contributed by atoms with Crippen LogP contribution < -0.4 is 10.1 Å². The van der Waals surface area contributed by atoms with E-state index in [1.165, 1.54) is 0 Å². The molecule has 158 valence electrons. The molecule has 0 radical (unpaired) electrons. The van der Waals surface area contributed by atoms with Crippen LogP contribution in [0.15, 0.2) is 47.4 Å². The van der Waals surface area contributed by atoms with Crippen LogP contribution in [0, 0.1) is 5.82 Å². The minimum absolute atomic E-state index is 0.0703. The second-order valence-corrected chi connectivity index (χ2v) is 7.70. The number of carbonyl (C=O) groups is 1. The maximum atomic E-state index is 14.1. The van der Waals surface area contributed by atoms with Crippen LogP contribution in [-0.2, 0) is 10.0 Å². The molecule has 11 heteroatoms. The maximum Gasteiger partial charge on any atom is 0.573 e. The molecular formula is C18H18F4N2O4S. The van der Waals surface area contributed by atoms with Crippen LogP contribution >= 0.6 is 0 Å². The van der Waals surface area contributed by atoms with Gasteiger partial charge in [0.15, 0.2) is 0 Å². The van der Waals surface area contributed by atoms with Crippen molar-refractivity contribution in [3.8, 4) is 5.75 Å². The first-order chi connectivity index (χ1) is 13.5. The van der Waals surface area contributed by atoms with Crippen molar-refractivity contribution in [1.29, 1.82) is 0 Å². The van der Waals surface area contributed by atoms with E-state index in [1.807, 2.05) is 0 Å². The van der Waals surface area contributed by atoms with Gasteiger partial charge in [0.25, 0.3) is 5.91 Å². The second kappa shape index (κ2) is 8.78. The number of nitrogens with zero attached hydrogens (tertiary/aromatic N) is 1. The molecule has 0 unspecified atom stereocenters. The molecule has 0 saturated heterocycles. The van der Waals surface area contributed by atoms with Gasteiger partial charge in [0.05, 0.1) is 10.5 Å². The first-order valence-electron chi connectivity index (χ1n) is 8.44. The van der Waals surface area contributed by atoms with Crippen molar-refractivity contribution in [2.24, 2.45) is 0 Å². The van der Waals surface area contributed by atoms with Crippen LogP contribution in [0.1, 0.15) is 24.2 Å². The van der Waals surface area contributed by atoms with Gasteiger partial charge in [-0.1, -0.05) is 13.8 Å². The third-order valence-corrected chi connectivity index (χ3v) is 5.92. The molecule has 0 atom stereocenters. The fourth-order valence-electron chi connectivity index (χ4n) is 2.49. The Morgan fingerprint density at radius 2 is 1.66 bits per heavy atom. The van der Waals surface area contributed by atoms with Crippen molar-refractivity contribution in [3.63, 3.8) is 0 Å². The van der Waals surface area contributed by atoms with Crippen LogP contribution in [0.3, 0.4) is 0 Å². The van der Waals surface area contributed by atoms with Gasteiger partial charge in [-0.2, -0.15) is 4.31 Å². The molecule has 0 aliphatic carbocycles. The molecule has 1 N–H and O–H groups in total. The molecule has 0 bridgehead atoms. The summed E-state index contributed by atoms with van der Waals surface area (Å²) in [5.74, 6) is -2.39. The van der Waals surface area contributed by atoms with Crippen LogP contribution in [0.4, 0.5) is 23.2 Å². The number of carbonyl (C=O) groups excluding carboxylic acids is 1. The Kier molecular flexibility index (Phi) is 6.85. The Bertz CT molecular complexity index is 972. The summed E-state index contributed by atoms with van der Waals surface area (Å²) in [5.41, 5.74) is -0.449. The molecule has 0 fully saturated rings. The highest BCUT2D eigenvalue weighted by Gasteiger charge is 2.31. The zero-order chi connectivity index (χ0) is 21.8. The Hall–Kier alpha value is -2.66. The number of amides is 1. The lowest BCUT2D eigenvalue weighted by Crippen LogP contribution is -2.31. The summed E-state index contributed by atoms with van der Waals surface area (Å²) >= 11 is 0. The molecule has 6 nitrogen and oxygen atoms in total. The van der Waals surface area contributed by atoms with Crippen molar-refractivity contribution in [3.05, 3.63) is 53.8 Å². The molecule has 0 aliphatic heterocycles. The minimum atomic E-state index is -4.86. The van der Waals surface area contributed by atoms with E-state index < -0.39 is 39.4 Å². The van der Waals surface area contributed by atoms with E-state index in [0.717, 1.165) is 46.8 Å². The molecular weight excluding hydrogens is 416 g/mol. The van der Waals surface area contributed by atoms with Crippen LogP contribution in [0.5, 0.6) is 5.75 Å². The van der Waals surface area contributed by atoms with E-state index in [-0.39, 0.29) is 23.7 Å². The average molecular weight is 434 g/mol. The minimum Gasteiger partial charge on any atom is -0.406 e. The first-order valence-corrected chi connectivity index (χ1v) is 9.88. The van der Waals surface area contributed by atoms with Gasteiger partial charge in [-0.25, -0.2) is 12.8 Å². The van der Waals surface area contributed by atoms with Gasteiger partial charge in [-0.05, 0) is 42.5 Å². The van der Waals surface area contributed by atoms with Gasteiger partial charge in [-0.3, -0.25) is 4.79 Å². The molecule has 29 heavy (non-hydrogen) atoms. The zero-order valence-electron chi connectivity index (χ0n) is 15.5. The van der Waals surface area contributed by atoms with E-state index >= 15 is 0 Å². The summed E-state index contributed by atoms with van der Waals surface area (Å²) in [4.78, 5) is 12.1. The maximum absolute atomic E-state index is 14.1. The van der Waals surface area contributed by atoms with Gasteiger partial charge in [-0.15, -0.1) is 13.2 Å². The van der Waals surface area contributed by atoms with E-state index in [1.54, 1.807) is 13.8 Å². The number of halogens is 4. The number of hydrogen-bond acceptors (Lipinski definition) is 4. The fourth-order valence-corrected chi connectivity index (χ4v) is 3.97. The SMILES string of the molecule is CCN(CC)S(=O)(=O)c1ccc(F)c(C(=O)Nc2ccc(OC(F)(F)F)cc2)c1. The van der Waals surface area contributed by atoms with E-state index in [2.05, 4.69) is 10.1 Å². The molecule has 0 saturated carbocycles. The average Bonchev–Trinajstić information content (AvgIpc) is 2.63. The lowest BCUT2D eigenvalue weighted by atomic mass is 10.2. The van der Waals surface area contributed by atoms with Gasteiger partial charge in [0.2, 0.25) is 10.0 Å². The fraction of sp³-hybridized carbons (Fsp3) is 0.278. The summed E-state index contributed by atoms with van der Waals surface area (Å²) in [6, 6.07) is 7.05. The smallest absolute Gasteiger partial charge is 0.406 e. The predicted octanol–water partition coefficient (Wildman–Crippen LogP) is 4.01. The topological polar surface area (TPSA) is 75.7 Å². The van der Waals surface area contributed by atoms with E-state index in [0.29, 0.717) is 0 Å². The molecule has 0 aromatic heterocycles. The molecule has 0 spiro atoms. The number of sulfonamides is 1. The number of ether oxygens (including phenoxy) is 1. The molecule has 2 rings (SSSR count). The number of nitrogens with one attached hydrogen (secondary N) is 1. The van der Waals surface area contributed by atoms with E-state index in [4.69, 9.17) is 0 Å². The quantitative estimate of drug-likeness (QED) is 0.669. The molecule has 2 aromatic carbocycles. The Morgan fingerprint density at radius 3 is 2.17 bits per heavy atom. The molecule has 0 heterocycles. The van der Waals surface area contributed by atoms with Crippen molar-refractivity contribution in [2.45, 2.75) is 25.1 Å². The van der Waals surface area contributed by atoms with Gasteiger partial charge < -0.3 is 10.1 Å². The Labute approximate surface area is 165 Å². The summed E-state index contributed by atoms with van der Waals surface area (Å²) < 4.78 is 80.6. The van der Waals surface area contributed by atoms with E-state index in [9.17, 15) is 30.8 Å². The number of benzene rings is 2. The van der Waals surface area contributed by atoms with Crippen LogP contribution in [-0.4, -0.2) is 38.1 Å². The lowest BCUT2D eigenvalue weighted by molar-refractivity contribution is -0.274. The van der Waals surface area contributed by atoms with Gasteiger partial charge in [0, 0.05) is 18.8 Å². The van der Waals surface area contributed by atoms with Crippen molar-refractivity contribution in [1.82, 2.24) is 4.31 Å². The number of alkyl halides is 3. The van der Waals surface area contributed by atoms with Crippen molar-refractivity contribution >= 4 is 21.6 Å². The molecule has 2 aromatic rings. The largest absolute Gasteiger partial charge is 0.573 e. The first kappa shape index (κ1) is 22.6. The number of rotatable bonds is 7. The zero-order valence-corrected chi connectivity index (χ0v) is 16.3. The highest BCUT2D eigenvalue weighted by Crippen LogP contribution is 2.25. The predicted molar refractivity (Wildman–Crippen MR) is 97.6 cm³/mol. The normalized spacial score (nSPS) is 12.1. The third kappa shape index (κ3) is 5.67. The Balaban J connectivity index is 2.25. The van der Waals surface area contributed by atoms with Crippen LogP contribution in [0.2, 0.25) is 0 Å². The van der Waals surface area contributed by atoms with Crippen molar-refractivity contribution < 1.29 is 35.5 Å². The highest BCUT2D eigenvalue weighted by molar-refractivity contribution is 7.89. The number of hydrogen-bond donors (Lipinski definition) is 1. The van der Waals surface area contributed by atoms with Crippen LogP contribution in [0.25, 0.3) is 0 Å². The summed E-state index contributed by atoms with van der Waals surface area (Å²) in [6.07, 6.45) is -4.86. The highest BCUT2D eigenvalue weighted by atomic mass is 32.2. The van der Waals surface area contributed by atoms with Gasteiger partial charge in [0.1, 0.15) is 11.6 Å². The van der Waals surface area contributed by atoms with Gasteiger partial charge >= 0.3 is 6.36 Å². The standard InChI is InChI=1S/C18H18F4N2O4S/c1-3-24(4-2)29(26,27)14-9-10-16(19)15(11-14)17(25)23-12-5-7-13(8-6-12)28-18(20,21)22/h5-11H,3-4H2,1-2H3,(H,23,25). The Morgan fingerprint density at radius 1 is 1.07 bits per heavy atom. The summed E-state index contributed by atoms with van der Waals surface area (Å²) in [7, 11) is -3.91. The van der Waals surface area contributed by atoms with Crippen molar-refractivity contribution in [2.75, 3.05) is 18.4 Å². The molecule has 0 aliphatic rings. The lowest BCUT2D eigenvalue weighted by Gasteiger charge is -2.19. The second-order valence-electron chi connectivity index (χ2n) is 5.76. The molecule has 1 amide bonds. The number of anilines is 1. The monoisotopic (exact) mass is 434 g/mol. The third-order valence-electron chi connectivity index (χ3n) is 3.87.